The van der Waals surface area contributed by atoms with Gasteiger partial charge in [-0.05, 0) is 23.5 Å². The van der Waals surface area contributed by atoms with Crippen LogP contribution in [-0.4, -0.2) is 17.5 Å². The smallest absolute Gasteiger partial charge is 0.273 e. The minimum atomic E-state index is -0.527. The number of para-hydroxylation sites is 1. The number of hydrogen-bond donors (Lipinski definition) is 1. The molecule has 0 saturated carbocycles. The number of allylic oxidation sites excluding steroid dienone is 2. The summed E-state index contributed by atoms with van der Waals surface area (Å²) >= 11 is 0. The molecule has 0 unspecified atom stereocenters. The lowest BCUT2D eigenvalue weighted by Crippen LogP contribution is -2.34. The van der Waals surface area contributed by atoms with Crippen LogP contribution in [0.3, 0.4) is 0 Å². The fourth-order valence-corrected chi connectivity index (χ4v) is 4.62. The molecule has 7 nitrogen and oxygen atoms in total. The fraction of sp³-hybridized carbons (Fsp3) is 0.318. The Labute approximate surface area is 167 Å². The molecule has 0 saturated heterocycles. The summed E-state index contributed by atoms with van der Waals surface area (Å²) in [7, 11) is 0. The highest BCUT2D eigenvalue weighted by atomic mass is 16.7. The second kappa shape index (κ2) is 6.07. The first-order valence-corrected chi connectivity index (χ1v) is 9.54. The molecular weight excluding hydrogens is 372 g/mol. The Kier molecular flexibility index (Phi) is 3.71. The van der Waals surface area contributed by atoms with Crippen molar-refractivity contribution in [1.82, 2.24) is 0 Å². The lowest BCUT2D eigenvalue weighted by molar-refractivity contribution is -0.385. The number of benzene rings is 2. The number of nitrogens with zero attached hydrogens (tertiary/aromatic N) is 1. The predicted octanol–water partition coefficient (Wildman–Crippen LogP) is 4.52. The van der Waals surface area contributed by atoms with E-state index in [2.05, 4.69) is 19.2 Å². The van der Waals surface area contributed by atoms with Gasteiger partial charge in [-0.2, -0.15) is 0 Å². The van der Waals surface area contributed by atoms with Crippen molar-refractivity contribution in [3.05, 3.63) is 68.9 Å². The second-order valence-corrected chi connectivity index (χ2v) is 8.50. The molecule has 3 aliphatic rings. The molecule has 0 amide bonds. The second-order valence-electron chi connectivity index (χ2n) is 8.50. The topological polar surface area (TPSA) is 90.7 Å². The van der Waals surface area contributed by atoms with Crippen molar-refractivity contribution < 1.29 is 19.2 Å². The largest absolute Gasteiger partial charge is 0.454 e. The molecule has 2 aromatic rings. The number of ether oxygens (including phenoxy) is 2. The van der Waals surface area contributed by atoms with Crippen molar-refractivity contribution in [2.75, 3.05) is 12.1 Å². The third-order valence-electron chi connectivity index (χ3n) is 5.79. The summed E-state index contributed by atoms with van der Waals surface area (Å²) in [6.07, 6.45) is 1.10. The van der Waals surface area contributed by atoms with Gasteiger partial charge in [-0.1, -0.05) is 32.0 Å². The molecule has 7 heteroatoms. The summed E-state index contributed by atoms with van der Waals surface area (Å²) in [6, 6.07) is 10.3. The van der Waals surface area contributed by atoms with Crippen LogP contribution in [0.1, 0.15) is 43.7 Å². The number of Topliss-reactive ketones (excluding diaryl/α,β-unsaturated/α-hetero) is 1. The van der Waals surface area contributed by atoms with E-state index in [1.54, 1.807) is 18.2 Å². The molecule has 1 aliphatic carbocycles. The van der Waals surface area contributed by atoms with Crippen LogP contribution in [0.4, 0.5) is 11.4 Å². The van der Waals surface area contributed by atoms with Gasteiger partial charge in [0, 0.05) is 47.0 Å². The van der Waals surface area contributed by atoms with Crippen molar-refractivity contribution in [2.24, 2.45) is 5.41 Å². The Morgan fingerprint density at radius 3 is 2.59 bits per heavy atom. The molecule has 2 aliphatic heterocycles. The summed E-state index contributed by atoms with van der Waals surface area (Å²) in [5.74, 6) is 0.709. The Morgan fingerprint density at radius 2 is 1.83 bits per heavy atom. The van der Waals surface area contributed by atoms with E-state index in [-0.39, 0.29) is 28.6 Å². The van der Waals surface area contributed by atoms with Crippen LogP contribution in [0.5, 0.6) is 11.5 Å². The number of fused-ring (bicyclic) bond motifs is 2. The van der Waals surface area contributed by atoms with Crippen LogP contribution in [0, 0.1) is 15.5 Å². The van der Waals surface area contributed by atoms with Crippen LogP contribution < -0.4 is 14.8 Å². The summed E-state index contributed by atoms with van der Waals surface area (Å²) in [6.45, 7) is 4.25. The van der Waals surface area contributed by atoms with Crippen LogP contribution in [0.15, 0.2) is 47.7 Å². The Hall–Kier alpha value is -3.35. The van der Waals surface area contributed by atoms with Gasteiger partial charge in [0.15, 0.2) is 17.3 Å². The number of hydrogen-bond acceptors (Lipinski definition) is 6. The molecule has 1 N–H and O–H groups in total. The number of nitro benzene ring substituents is 1. The van der Waals surface area contributed by atoms with Gasteiger partial charge in [0.05, 0.1) is 4.92 Å². The zero-order valence-electron chi connectivity index (χ0n) is 16.2. The molecular formula is C22H20N2O5. The van der Waals surface area contributed by atoms with E-state index >= 15 is 0 Å². The van der Waals surface area contributed by atoms with Gasteiger partial charge in [0.2, 0.25) is 6.79 Å². The van der Waals surface area contributed by atoms with Crippen LogP contribution >= 0.6 is 0 Å². The van der Waals surface area contributed by atoms with E-state index in [1.165, 1.54) is 6.07 Å². The van der Waals surface area contributed by atoms with Crippen LogP contribution in [0.2, 0.25) is 0 Å². The first kappa shape index (κ1) is 17.7. The van der Waals surface area contributed by atoms with Gasteiger partial charge in [-0.15, -0.1) is 0 Å². The fourth-order valence-electron chi connectivity index (χ4n) is 4.62. The molecule has 1 atom stereocenters. The van der Waals surface area contributed by atoms with E-state index in [1.807, 2.05) is 12.1 Å². The number of anilines is 1. The van der Waals surface area contributed by atoms with E-state index in [4.69, 9.17) is 9.47 Å². The lowest BCUT2D eigenvalue weighted by Gasteiger charge is -2.39. The maximum Gasteiger partial charge on any atom is 0.273 e. The highest BCUT2D eigenvalue weighted by Gasteiger charge is 2.43. The molecule has 0 spiro atoms. The summed E-state index contributed by atoms with van der Waals surface area (Å²) < 4.78 is 11.0. The highest BCUT2D eigenvalue weighted by Crippen LogP contribution is 2.52. The molecule has 5 rings (SSSR count). The first-order chi connectivity index (χ1) is 13.8. The van der Waals surface area contributed by atoms with Crippen molar-refractivity contribution in [2.45, 2.75) is 32.6 Å². The molecule has 0 bridgehead atoms. The zero-order valence-corrected chi connectivity index (χ0v) is 16.2. The van der Waals surface area contributed by atoms with Crippen LogP contribution in [-0.2, 0) is 4.79 Å². The number of nitrogens with one attached hydrogen (secondary N) is 1. The van der Waals surface area contributed by atoms with E-state index in [0.717, 1.165) is 16.9 Å². The normalized spacial score (nSPS) is 21.3. The maximum atomic E-state index is 13.2. The quantitative estimate of drug-likeness (QED) is 0.597. The Balaban J connectivity index is 1.78. The highest BCUT2D eigenvalue weighted by molar-refractivity contribution is 6.02. The lowest BCUT2D eigenvalue weighted by atomic mass is 9.68. The minimum Gasteiger partial charge on any atom is -0.454 e. The van der Waals surface area contributed by atoms with E-state index in [9.17, 15) is 14.9 Å². The molecule has 0 aromatic heterocycles. The number of rotatable bonds is 2. The monoisotopic (exact) mass is 392 g/mol. The van der Waals surface area contributed by atoms with Gasteiger partial charge >= 0.3 is 0 Å². The van der Waals surface area contributed by atoms with Crippen molar-refractivity contribution >= 4 is 17.2 Å². The number of carbonyl (C=O) groups is 1. The number of nitro groups is 1. The summed E-state index contributed by atoms with van der Waals surface area (Å²) in [5.41, 5.74) is 3.37. The molecule has 2 heterocycles. The standard InChI is InChI=1S/C22H20N2O5/c1-22(2)9-15-21(17(25)10-22)20(12-5-3-4-6-16(12)24(26)27)13-7-18-19(29-11-28-18)8-14(13)23-15/h3-8,20,23H,9-11H2,1-2H3/t20-/m0/s1. The SMILES string of the molecule is CC1(C)CC(=O)C2=C(C1)Nc1cc3c(cc1[C@@H]2c1ccccc1[N+](=O)[O-])OCO3. The maximum absolute atomic E-state index is 13.2. The molecule has 29 heavy (non-hydrogen) atoms. The number of carbonyl (C=O) groups excluding carboxylic acids is 1. The van der Waals surface area contributed by atoms with Gasteiger partial charge in [-0.3, -0.25) is 14.9 Å². The van der Waals surface area contributed by atoms with Gasteiger partial charge in [0.25, 0.3) is 5.69 Å². The third kappa shape index (κ3) is 2.76. The minimum absolute atomic E-state index is 0.00694. The van der Waals surface area contributed by atoms with Gasteiger partial charge in [-0.25, -0.2) is 0 Å². The van der Waals surface area contributed by atoms with Crippen molar-refractivity contribution in [1.29, 1.82) is 0 Å². The number of ketones is 1. The zero-order chi connectivity index (χ0) is 20.3. The molecule has 0 radical (unpaired) electrons. The average molecular weight is 392 g/mol. The molecule has 0 fully saturated rings. The summed E-state index contributed by atoms with van der Waals surface area (Å²) in [4.78, 5) is 24.6. The predicted molar refractivity (Wildman–Crippen MR) is 106 cm³/mol. The van der Waals surface area contributed by atoms with E-state index < -0.39 is 5.92 Å². The van der Waals surface area contributed by atoms with Crippen molar-refractivity contribution in [3.63, 3.8) is 0 Å². The van der Waals surface area contributed by atoms with Crippen LogP contribution in [0.25, 0.3) is 0 Å². The molecule has 2 aromatic carbocycles. The third-order valence-corrected chi connectivity index (χ3v) is 5.79. The molecule has 148 valence electrons. The van der Waals surface area contributed by atoms with Gasteiger partial charge < -0.3 is 14.8 Å². The first-order valence-electron chi connectivity index (χ1n) is 9.54. The Bertz CT molecular complexity index is 1100. The summed E-state index contributed by atoms with van der Waals surface area (Å²) in [5, 5.41) is 15.2. The Morgan fingerprint density at radius 1 is 1.10 bits per heavy atom. The van der Waals surface area contributed by atoms with Crippen molar-refractivity contribution in [3.8, 4) is 11.5 Å². The van der Waals surface area contributed by atoms with Gasteiger partial charge in [0.1, 0.15) is 0 Å². The van der Waals surface area contributed by atoms with E-state index in [0.29, 0.717) is 35.5 Å². The average Bonchev–Trinajstić information content (AvgIpc) is 3.11.